The summed E-state index contributed by atoms with van der Waals surface area (Å²) in [4.78, 5) is 9.04. The number of hydrogen-bond acceptors (Lipinski definition) is 3. The minimum atomic E-state index is -0.0728. The summed E-state index contributed by atoms with van der Waals surface area (Å²) >= 11 is 6.11. The van der Waals surface area contributed by atoms with Crippen molar-refractivity contribution >= 4 is 17.4 Å². The Kier molecular flexibility index (Phi) is 5.39. The van der Waals surface area contributed by atoms with E-state index in [1.54, 1.807) is 0 Å². The molecular weight excluding hydrogens is 246 g/mol. The monoisotopic (exact) mass is 269 g/mol. The van der Waals surface area contributed by atoms with Crippen molar-refractivity contribution in [3.8, 4) is 0 Å². The zero-order chi connectivity index (χ0) is 13.8. The lowest BCUT2D eigenvalue weighted by Crippen LogP contribution is -2.39. The van der Waals surface area contributed by atoms with Gasteiger partial charge in [-0.15, -0.1) is 11.6 Å². The van der Waals surface area contributed by atoms with E-state index in [4.69, 9.17) is 11.6 Å². The molecule has 0 aromatic carbocycles. The molecule has 0 bridgehead atoms. The van der Waals surface area contributed by atoms with Crippen molar-refractivity contribution < 1.29 is 0 Å². The number of anilines is 1. The standard InChI is InChI=1S/C14H24ClN3/c1-6-14(7-2,9-15)18-12-8-11(5)16-13(17-12)10(3)4/h8,10H,6-7,9H2,1-5H3,(H,16,17,18). The first-order chi connectivity index (χ1) is 8.46. The minimum Gasteiger partial charge on any atom is -0.363 e. The van der Waals surface area contributed by atoms with Gasteiger partial charge in [-0.1, -0.05) is 27.7 Å². The van der Waals surface area contributed by atoms with Gasteiger partial charge < -0.3 is 5.32 Å². The molecule has 18 heavy (non-hydrogen) atoms. The summed E-state index contributed by atoms with van der Waals surface area (Å²) in [5, 5.41) is 3.49. The second kappa shape index (κ2) is 6.37. The molecule has 4 heteroatoms. The highest BCUT2D eigenvalue weighted by molar-refractivity contribution is 6.18. The topological polar surface area (TPSA) is 37.8 Å². The minimum absolute atomic E-state index is 0.0728. The van der Waals surface area contributed by atoms with E-state index in [0.717, 1.165) is 30.2 Å². The van der Waals surface area contributed by atoms with Crippen molar-refractivity contribution in [2.45, 2.75) is 58.9 Å². The van der Waals surface area contributed by atoms with Crippen LogP contribution >= 0.6 is 11.6 Å². The van der Waals surface area contributed by atoms with Gasteiger partial charge in [-0.3, -0.25) is 0 Å². The van der Waals surface area contributed by atoms with E-state index in [1.165, 1.54) is 0 Å². The number of halogens is 1. The normalized spacial score (nSPS) is 11.9. The van der Waals surface area contributed by atoms with Crippen LogP contribution in [-0.4, -0.2) is 21.4 Å². The van der Waals surface area contributed by atoms with Crippen molar-refractivity contribution in [1.82, 2.24) is 9.97 Å². The van der Waals surface area contributed by atoms with E-state index in [2.05, 4.69) is 43.0 Å². The van der Waals surface area contributed by atoms with E-state index >= 15 is 0 Å². The largest absolute Gasteiger partial charge is 0.363 e. The number of nitrogens with zero attached hydrogens (tertiary/aromatic N) is 2. The molecule has 0 radical (unpaired) electrons. The molecular formula is C14H24ClN3. The Labute approximate surface area is 115 Å². The molecule has 0 aliphatic heterocycles. The number of alkyl halides is 1. The summed E-state index contributed by atoms with van der Waals surface area (Å²) in [5.41, 5.74) is 0.920. The average Bonchev–Trinajstić information content (AvgIpc) is 2.35. The van der Waals surface area contributed by atoms with Crippen LogP contribution in [0.4, 0.5) is 5.82 Å². The molecule has 1 heterocycles. The molecule has 0 spiro atoms. The number of hydrogen-bond donors (Lipinski definition) is 1. The molecule has 1 rings (SSSR count). The highest BCUT2D eigenvalue weighted by Crippen LogP contribution is 2.24. The fraction of sp³-hybridized carbons (Fsp3) is 0.714. The fourth-order valence-corrected chi connectivity index (χ4v) is 2.28. The van der Waals surface area contributed by atoms with Gasteiger partial charge in [0.1, 0.15) is 11.6 Å². The van der Waals surface area contributed by atoms with Crippen LogP contribution in [0.15, 0.2) is 6.07 Å². The molecule has 0 saturated heterocycles. The predicted molar refractivity (Wildman–Crippen MR) is 78.5 cm³/mol. The zero-order valence-electron chi connectivity index (χ0n) is 12.0. The summed E-state index contributed by atoms with van der Waals surface area (Å²) in [6.45, 7) is 10.5. The van der Waals surface area contributed by atoms with Crippen molar-refractivity contribution in [2.24, 2.45) is 0 Å². The highest BCUT2D eigenvalue weighted by atomic mass is 35.5. The van der Waals surface area contributed by atoms with Crippen LogP contribution in [-0.2, 0) is 0 Å². The van der Waals surface area contributed by atoms with Crippen molar-refractivity contribution in [3.63, 3.8) is 0 Å². The van der Waals surface area contributed by atoms with Crippen LogP contribution in [0.25, 0.3) is 0 Å². The second-order valence-electron chi connectivity index (χ2n) is 5.15. The third-order valence-corrected chi connectivity index (χ3v) is 3.90. The molecule has 1 aromatic heterocycles. The van der Waals surface area contributed by atoms with Crippen LogP contribution in [0.5, 0.6) is 0 Å². The third kappa shape index (κ3) is 3.58. The molecule has 1 N–H and O–H groups in total. The second-order valence-corrected chi connectivity index (χ2v) is 5.42. The van der Waals surface area contributed by atoms with Gasteiger partial charge in [0.2, 0.25) is 0 Å². The van der Waals surface area contributed by atoms with Crippen LogP contribution in [0.3, 0.4) is 0 Å². The maximum absolute atomic E-state index is 6.11. The molecule has 0 unspecified atom stereocenters. The predicted octanol–water partition coefficient (Wildman–Crippen LogP) is 4.12. The van der Waals surface area contributed by atoms with E-state index in [9.17, 15) is 0 Å². The van der Waals surface area contributed by atoms with Crippen molar-refractivity contribution in [2.75, 3.05) is 11.2 Å². The van der Waals surface area contributed by atoms with Gasteiger partial charge in [-0.2, -0.15) is 0 Å². The molecule has 0 aliphatic carbocycles. The summed E-state index contributed by atoms with van der Waals surface area (Å²) < 4.78 is 0. The SMILES string of the molecule is CCC(CC)(CCl)Nc1cc(C)nc(C(C)C)n1. The summed E-state index contributed by atoms with van der Waals surface area (Å²) in [5.74, 6) is 2.68. The van der Waals surface area contributed by atoms with E-state index in [0.29, 0.717) is 11.8 Å². The van der Waals surface area contributed by atoms with Crippen LogP contribution in [0.2, 0.25) is 0 Å². The van der Waals surface area contributed by atoms with Crippen LogP contribution in [0, 0.1) is 6.92 Å². The van der Waals surface area contributed by atoms with Crippen molar-refractivity contribution in [1.29, 1.82) is 0 Å². The summed E-state index contributed by atoms with van der Waals surface area (Å²) in [7, 11) is 0. The lowest BCUT2D eigenvalue weighted by Gasteiger charge is -2.31. The van der Waals surface area contributed by atoms with Crippen LogP contribution in [0.1, 0.15) is 58.0 Å². The van der Waals surface area contributed by atoms with Gasteiger partial charge in [-0.25, -0.2) is 9.97 Å². The number of rotatable bonds is 6. The average molecular weight is 270 g/mol. The number of aryl methyl sites for hydroxylation is 1. The van der Waals surface area contributed by atoms with E-state index in [-0.39, 0.29) is 5.54 Å². The van der Waals surface area contributed by atoms with Gasteiger partial charge in [0.15, 0.2) is 0 Å². The first kappa shape index (κ1) is 15.2. The Bertz CT molecular complexity index is 378. The first-order valence-corrected chi connectivity index (χ1v) is 7.19. The van der Waals surface area contributed by atoms with E-state index < -0.39 is 0 Å². The molecule has 102 valence electrons. The molecule has 0 amide bonds. The Morgan fingerprint density at radius 2 is 1.89 bits per heavy atom. The van der Waals surface area contributed by atoms with Gasteiger partial charge >= 0.3 is 0 Å². The Morgan fingerprint density at radius 3 is 2.33 bits per heavy atom. The van der Waals surface area contributed by atoms with Gasteiger partial charge in [0.05, 0.1) is 5.54 Å². The lowest BCUT2D eigenvalue weighted by atomic mass is 9.95. The van der Waals surface area contributed by atoms with Crippen LogP contribution < -0.4 is 5.32 Å². The van der Waals surface area contributed by atoms with Gasteiger partial charge in [-0.05, 0) is 19.8 Å². The summed E-state index contributed by atoms with van der Waals surface area (Å²) in [6, 6.07) is 1.98. The molecule has 0 fully saturated rings. The van der Waals surface area contributed by atoms with E-state index in [1.807, 2.05) is 13.0 Å². The molecule has 3 nitrogen and oxygen atoms in total. The number of nitrogens with one attached hydrogen (secondary N) is 1. The Balaban J connectivity index is 3.03. The molecule has 0 saturated carbocycles. The lowest BCUT2D eigenvalue weighted by molar-refractivity contribution is 0.482. The maximum atomic E-state index is 6.11. The third-order valence-electron chi connectivity index (χ3n) is 3.39. The van der Waals surface area contributed by atoms with Crippen molar-refractivity contribution in [3.05, 3.63) is 17.6 Å². The Morgan fingerprint density at radius 1 is 1.28 bits per heavy atom. The zero-order valence-corrected chi connectivity index (χ0v) is 12.8. The number of aromatic nitrogens is 2. The quantitative estimate of drug-likeness (QED) is 0.790. The molecule has 1 aromatic rings. The van der Waals surface area contributed by atoms with Gasteiger partial charge in [0, 0.05) is 23.6 Å². The summed E-state index contributed by atoms with van der Waals surface area (Å²) in [6.07, 6.45) is 1.96. The highest BCUT2D eigenvalue weighted by Gasteiger charge is 2.25. The molecule has 0 atom stereocenters. The molecule has 0 aliphatic rings. The Hall–Kier alpha value is -0.830. The smallest absolute Gasteiger partial charge is 0.133 e. The fourth-order valence-electron chi connectivity index (χ4n) is 1.83. The maximum Gasteiger partial charge on any atom is 0.133 e. The van der Waals surface area contributed by atoms with Gasteiger partial charge in [0.25, 0.3) is 0 Å². The first-order valence-electron chi connectivity index (χ1n) is 6.66.